The number of likely N-dealkylation sites (N-methyl/N-ethyl adjacent to an activating group) is 1. The molecule has 1 aliphatic heterocycles. The van der Waals surface area contributed by atoms with Gasteiger partial charge in [-0.2, -0.15) is 0 Å². The minimum atomic E-state index is -0.400. The van der Waals surface area contributed by atoms with Crippen molar-refractivity contribution in [3.63, 3.8) is 0 Å². The summed E-state index contributed by atoms with van der Waals surface area (Å²) in [7, 11) is 0. The van der Waals surface area contributed by atoms with Gasteiger partial charge in [0.05, 0.1) is 11.3 Å². The molecule has 0 radical (unpaired) electrons. The fourth-order valence-corrected chi connectivity index (χ4v) is 4.28. The Kier molecular flexibility index (Phi) is 8.30. The first kappa shape index (κ1) is 22.3. The molecule has 1 aliphatic rings. The Morgan fingerprint density at radius 3 is 2.27 bits per heavy atom. The Labute approximate surface area is 182 Å². The summed E-state index contributed by atoms with van der Waals surface area (Å²) in [6.45, 7) is 9.27. The number of hydrogen-bond donors (Lipinski definition) is 2. The molecule has 0 spiro atoms. The Bertz CT molecular complexity index is 849. The number of benzene rings is 2. The van der Waals surface area contributed by atoms with Crippen LogP contribution in [-0.4, -0.2) is 60.1 Å². The number of carbonyl (C=O) groups excluding carboxylic acids is 2. The second kappa shape index (κ2) is 11.2. The van der Waals surface area contributed by atoms with Gasteiger partial charge in [-0.3, -0.25) is 14.5 Å². The second-order valence-corrected chi connectivity index (χ2v) is 8.48. The van der Waals surface area contributed by atoms with Gasteiger partial charge in [0.15, 0.2) is 0 Å². The highest BCUT2D eigenvalue weighted by Crippen LogP contribution is 2.22. The van der Waals surface area contributed by atoms with Crippen LogP contribution < -0.4 is 11.1 Å². The fourth-order valence-electron chi connectivity index (χ4n) is 3.49. The van der Waals surface area contributed by atoms with Crippen LogP contribution in [0, 0.1) is 0 Å². The quantitative estimate of drug-likeness (QED) is 0.602. The van der Waals surface area contributed by atoms with Crippen LogP contribution in [0.5, 0.6) is 0 Å². The van der Waals surface area contributed by atoms with E-state index in [1.54, 1.807) is 6.07 Å². The molecule has 0 bridgehead atoms. The lowest BCUT2D eigenvalue weighted by Gasteiger charge is -2.34. The molecule has 160 valence electrons. The van der Waals surface area contributed by atoms with Gasteiger partial charge in [0, 0.05) is 44.2 Å². The van der Waals surface area contributed by atoms with Crippen molar-refractivity contribution in [3.8, 4) is 0 Å². The highest BCUT2D eigenvalue weighted by atomic mass is 32.2. The molecule has 2 aromatic carbocycles. The lowest BCUT2D eigenvalue weighted by molar-refractivity contribution is -0.115. The van der Waals surface area contributed by atoms with Gasteiger partial charge in [0.1, 0.15) is 0 Å². The number of rotatable bonds is 9. The Hall–Kier alpha value is -2.35. The summed E-state index contributed by atoms with van der Waals surface area (Å²) in [5.41, 5.74) is 8.14. The normalized spacial score (nSPS) is 15.1. The molecule has 0 aliphatic carbocycles. The topological polar surface area (TPSA) is 78.7 Å². The van der Waals surface area contributed by atoms with Gasteiger partial charge in [-0.05, 0) is 29.8 Å². The van der Waals surface area contributed by atoms with Crippen molar-refractivity contribution in [2.24, 2.45) is 5.73 Å². The first-order valence-electron chi connectivity index (χ1n) is 10.4. The molecule has 0 aromatic heterocycles. The van der Waals surface area contributed by atoms with Gasteiger partial charge in [0.2, 0.25) is 5.91 Å². The van der Waals surface area contributed by atoms with E-state index in [0.29, 0.717) is 12.1 Å². The number of piperazine rings is 1. The first-order chi connectivity index (χ1) is 14.5. The third kappa shape index (κ3) is 6.58. The minimum Gasteiger partial charge on any atom is -0.369 e. The van der Waals surface area contributed by atoms with E-state index in [9.17, 15) is 9.59 Å². The van der Waals surface area contributed by atoms with E-state index in [-0.39, 0.29) is 11.7 Å². The fraction of sp³-hybridized carbons (Fsp3) is 0.391. The third-order valence-corrected chi connectivity index (χ3v) is 6.39. The van der Waals surface area contributed by atoms with Gasteiger partial charge >= 0.3 is 0 Å². The number of amides is 2. The molecule has 7 heteroatoms. The van der Waals surface area contributed by atoms with Gasteiger partial charge in [-0.25, -0.2) is 0 Å². The van der Waals surface area contributed by atoms with Gasteiger partial charge in [0.25, 0.3) is 5.91 Å². The van der Waals surface area contributed by atoms with Crippen molar-refractivity contribution in [2.75, 3.05) is 38.5 Å². The number of carbonyl (C=O) groups is 2. The van der Waals surface area contributed by atoms with Crippen molar-refractivity contribution < 1.29 is 9.59 Å². The molecule has 1 saturated heterocycles. The number of nitrogens with one attached hydrogen (secondary N) is 1. The van der Waals surface area contributed by atoms with Crippen LogP contribution >= 0.6 is 11.8 Å². The molecular formula is C23H30N4O2S. The molecule has 0 unspecified atom stereocenters. The lowest BCUT2D eigenvalue weighted by Crippen LogP contribution is -2.45. The van der Waals surface area contributed by atoms with E-state index < -0.39 is 5.91 Å². The number of thioether (sulfide) groups is 1. The lowest BCUT2D eigenvalue weighted by atomic mass is 10.1. The number of primary amides is 1. The van der Waals surface area contributed by atoms with Gasteiger partial charge in [-0.15, -0.1) is 11.8 Å². The number of hydrogen-bond acceptors (Lipinski definition) is 5. The average Bonchev–Trinajstić information content (AvgIpc) is 2.77. The van der Waals surface area contributed by atoms with Crippen molar-refractivity contribution in [1.29, 1.82) is 0 Å². The van der Waals surface area contributed by atoms with E-state index in [1.165, 1.54) is 17.3 Å². The maximum atomic E-state index is 12.6. The SMILES string of the molecule is CCN1CCN(Cc2ccc(CNC(=O)c3ccccc3SCC(N)=O)cc2)CC1. The van der Waals surface area contributed by atoms with Crippen molar-refractivity contribution in [3.05, 3.63) is 65.2 Å². The molecule has 2 aromatic rings. The molecule has 1 heterocycles. The molecule has 2 amide bonds. The van der Waals surface area contributed by atoms with E-state index in [0.717, 1.165) is 49.7 Å². The molecule has 30 heavy (non-hydrogen) atoms. The summed E-state index contributed by atoms with van der Waals surface area (Å²) in [4.78, 5) is 29.4. The zero-order chi connectivity index (χ0) is 21.3. The molecule has 0 atom stereocenters. The predicted molar refractivity (Wildman–Crippen MR) is 121 cm³/mol. The highest BCUT2D eigenvalue weighted by molar-refractivity contribution is 8.00. The molecule has 3 N–H and O–H groups in total. The standard InChI is InChI=1S/C23H30N4O2S/c1-2-26-11-13-27(14-12-26)16-19-9-7-18(8-10-19)15-25-23(29)20-5-3-4-6-21(20)30-17-22(24)28/h3-10H,2,11-17H2,1H3,(H2,24,28)(H,25,29). The number of nitrogens with zero attached hydrogens (tertiary/aromatic N) is 2. The summed E-state index contributed by atoms with van der Waals surface area (Å²) < 4.78 is 0. The van der Waals surface area contributed by atoms with Crippen LogP contribution in [0.25, 0.3) is 0 Å². The Balaban J connectivity index is 1.50. The zero-order valence-electron chi connectivity index (χ0n) is 17.5. The van der Waals surface area contributed by atoms with E-state index in [4.69, 9.17) is 5.73 Å². The summed E-state index contributed by atoms with van der Waals surface area (Å²) >= 11 is 1.28. The van der Waals surface area contributed by atoms with E-state index in [2.05, 4.69) is 46.3 Å². The smallest absolute Gasteiger partial charge is 0.252 e. The predicted octanol–water partition coefficient (Wildman–Crippen LogP) is 2.33. The van der Waals surface area contributed by atoms with Gasteiger partial charge < -0.3 is 16.0 Å². The van der Waals surface area contributed by atoms with Crippen LogP contribution in [0.3, 0.4) is 0 Å². The Morgan fingerprint density at radius 2 is 1.60 bits per heavy atom. The van der Waals surface area contributed by atoms with E-state index >= 15 is 0 Å². The van der Waals surface area contributed by atoms with Crippen molar-refractivity contribution >= 4 is 23.6 Å². The molecular weight excluding hydrogens is 396 g/mol. The van der Waals surface area contributed by atoms with Crippen LogP contribution in [0.4, 0.5) is 0 Å². The third-order valence-electron chi connectivity index (χ3n) is 5.30. The summed E-state index contributed by atoms with van der Waals surface area (Å²) in [6, 6.07) is 15.7. The maximum absolute atomic E-state index is 12.6. The zero-order valence-corrected chi connectivity index (χ0v) is 18.3. The second-order valence-electron chi connectivity index (χ2n) is 7.46. The first-order valence-corrected chi connectivity index (χ1v) is 11.3. The molecule has 6 nitrogen and oxygen atoms in total. The van der Waals surface area contributed by atoms with Crippen LogP contribution in [0.1, 0.15) is 28.4 Å². The summed E-state index contributed by atoms with van der Waals surface area (Å²) in [5.74, 6) is -0.401. The maximum Gasteiger partial charge on any atom is 0.252 e. The molecule has 1 fully saturated rings. The monoisotopic (exact) mass is 426 g/mol. The minimum absolute atomic E-state index is 0.152. The highest BCUT2D eigenvalue weighted by Gasteiger charge is 2.15. The largest absolute Gasteiger partial charge is 0.369 e. The Morgan fingerprint density at radius 1 is 0.967 bits per heavy atom. The average molecular weight is 427 g/mol. The van der Waals surface area contributed by atoms with Crippen LogP contribution in [-0.2, 0) is 17.9 Å². The van der Waals surface area contributed by atoms with E-state index in [1.807, 2.05) is 18.2 Å². The van der Waals surface area contributed by atoms with Gasteiger partial charge in [-0.1, -0.05) is 43.3 Å². The van der Waals surface area contributed by atoms with Crippen molar-refractivity contribution in [1.82, 2.24) is 15.1 Å². The molecule has 3 rings (SSSR count). The summed E-state index contributed by atoms with van der Waals surface area (Å²) in [5, 5.41) is 2.97. The van der Waals surface area contributed by atoms with Crippen LogP contribution in [0.15, 0.2) is 53.4 Å². The molecule has 0 saturated carbocycles. The van der Waals surface area contributed by atoms with Crippen LogP contribution in [0.2, 0.25) is 0 Å². The number of nitrogens with two attached hydrogens (primary N) is 1. The van der Waals surface area contributed by atoms with Crippen molar-refractivity contribution in [2.45, 2.75) is 24.9 Å². The summed E-state index contributed by atoms with van der Waals surface area (Å²) in [6.07, 6.45) is 0.